The van der Waals surface area contributed by atoms with E-state index in [0.29, 0.717) is 12.5 Å². The molecule has 0 aliphatic heterocycles. The molecule has 1 N–H and O–H groups in total. The summed E-state index contributed by atoms with van der Waals surface area (Å²) in [6, 6.07) is 2.62. The monoisotopic (exact) mass is 270 g/mol. The van der Waals surface area contributed by atoms with Crippen molar-refractivity contribution in [2.75, 3.05) is 6.54 Å². The minimum absolute atomic E-state index is 0.226. The molecule has 98 valence electrons. The minimum atomic E-state index is -0.441. The van der Waals surface area contributed by atoms with Gasteiger partial charge in [-0.3, -0.25) is 4.79 Å². The van der Waals surface area contributed by atoms with Gasteiger partial charge in [0.2, 0.25) is 0 Å². The van der Waals surface area contributed by atoms with Crippen LogP contribution in [0.1, 0.15) is 36.2 Å². The van der Waals surface area contributed by atoms with Crippen molar-refractivity contribution in [3.8, 4) is 0 Å². The fourth-order valence-electron chi connectivity index (χ4n) is 2.25. The van der Waals surface area contributed by atoms with Gasteiger partial charge in [0, 0.05) is 11.9 Å². The number of halogens is 2. The zero-order valence-electron chi connectivity index (χ0n) is 10.0. The van der Waals surface area contributed by atoms with Crippen LogP contribution in [0, 0.1) is 11.7 Å². The maximum Gasteiger partial charge on any atom is 0.269 e. The summed E-state index contributed by atoms with van der Waals surface area (Å²) in [7, 11) is 0. The van der Waals surface area contributed by atoms with Crippen molar-refractivity contribution in [3.63, 3.8) is 0 Å². The third-order valence-corrected chi connectivity index (χ3v) is 3.63. The quantitative estimate of drug-likeness (QED) is 0.858. The van der Waals surface area contributed by atoms with E-state index in [4.69, 9.17) is 11.6 Å². The van der Waals surface area contributed by atoms with E-state index in [0.717, 1.165) is 31.9 Å². The largest absolute Gasteiger partial charge is 0.350 e. The van der Waals surface area contributed by atoms with Crippen molar-refractivity contribution >= 4 is 17.5 Å². The van der Waals surface area contributed by atoms with Crippen molar-refractivity contribution in [2.24, 2.45) is 5.92 Å². The molecule has 1 saturated carbocycles. The zero-order valence-corrected chi connectivity index (χ0v) is 10.8. The number of carbonyl (C=O) groups is 1. The van der Waals surface area contributed by atoms with Gasteiger partial charge in [-0.25, -0.2) is 9.37 Å². The normalized spacial score (nSPS) is 23.7. The molecule has 1 aromatic rings. The minimum Gasteiger partial charge on any atom is -0.350 e. The number of pyridine rings is 1. The van der Waals surface area contributed by atoms with Gasteiger partial charge in [-0.1, -0.05) is 6.42 Å². The van der Waals surface area contributed by atoms with E-state index in [-0.39, 0.29) is 17.0 Å². The highest BCUT2D eigenvalue weighted by molar-refractivity contribution is 6.20. The third kappa shape index (κ3) is 3.67. The van der Waals surface area contributed by atoms with Gasteiger partial charge in [0.1, 0.15) is 11.5 Å². The molecule has 1 amide bonds. The summed E-state index contributed by atoms with van der Waals surface area (Å²) in [5.74, 6) is -0.263. The van der Waals surface area contributed by atoms with Crippen LogP contribution >= 0.6 is 11.6 Å². The van der Waals surface area contributed by atoms with E-state index in [1.54, 1.807) is 0 Å². The van der Waals surface area contributed by atoms with E-state index in [1.165, 1.54) is 12.1 Å². The first-order chi connectivity index (χ1) is 8.65. The Balaban J connectivity index is 1.82. The summed E-state index contributed by atoms with van der Waals surface area (Å²) in [4.78, 5) is 15.5. The molecule has 2 rings (SSSR count). The van der Waals surface area contributed by atoms with Crippen LogP contribution in [0.5, 0.6) is 0 Å². The van der Waals surface area contributed by atoms with E-state index in [1.807, 2.05) is 0 Å². The van der Waals surface area contributed by atoms with Crippen LogP contribution in [0.4, 0.5) is 4.39 Å². The van der Waals surface area contributed by atoms with Gasteiger partial charge in [0.25, 0.3) is 5.91 Å². The average Bonchev–Trinajstić information content (AvgIpc) is 2.37. The topological polar surface area (TPSA) is 42.0 Å². The second-order valence-electron chi connectivity index (χ2n) is 4.70. The molecule has 1 aromatic heterocycles. The Bertz CT molecular complexity index is 410. The van der Waals surface area contributed by atoms with Gasteiger partial charge in [-0.15, -0.1) is 11.6 Å². The second kappa shape index (κ2) is 6.14. The standard InChI is InChI=1S/C13H16ClFN2O/c14-10-3-1-2-9(6-10)7-17-13(18)12-5-4-11(15)8-16-12/h4-5,8-10H,1-3,6-7H2,(H,17,18). The third-order valence-electron chi connectivity index (χ3n) is 3.23. The highest BCUT2D eigenvalue weighted by atomic mass is 35.5. The summed E-state index contributed by atoms with van der Waals surface area (Å²) in [6.45, 7) is 0.612. The smallest absolute Gasteiger partial charge is 0.269 e. The molecule has 5 heteroatoms. The molecule has 3 nitrogen and oxygen atoms in total. The molecule has 2 atom stereocenters. The molecule has 1 aliphatic rings. The Morgan fingerprint density at radius 3 is 3.00 bits per heavy atom. The van der Waals surface area contributed by atoms with Crippen LogP contribution in [0.25, 0.3) is 0 Å². The maximum atomic E-state index is 12.7. The molecule has 1 aliphatic carbocycles. The highest BCUT2D eigenvalue weighted by Crippen LogP contribution is 2.27. The number of aromatic nitrogens is 1. The highest BCUT2D eigenvalue weighted by Gasteiger charge is 2.20. The van der Waals surface area contributed by atoms with Crippen LogP contribution in [0.15, 0.2) is 18.3 Å². The number of hydrogen-bond donors (Lipinski definition) is 1. The summed E-state index contributed by atoms with van der Waals surface area (Å²) in [6.07, 6.45) is 5.26. The van der Waals surface area contributed by atoms with Crippen LogP contribution in [-0.2, 0) is 0 Å². The number of hydrogen-bond acceptors (Lipinski definition) is 2. The SMILES string of the molecule is O=C(NCC1CCCC(Cl)C1)c1ccc(F)cn1. The van der Waals surface area contributed by atoms with E-state index < -0.39 is 5.82 Å². The van der Waals surface area contributed by atoms with Crippen LogP contribution < -0.4 is 5.32 Å². The van der Waals surface area contributed by atoms with Crippen molar-refractivity contribution in [3.05, 3.63) is 29.8 Å². The van der Waals surface area contributed by atoms with Crippen LogP contribution in [0.3, 0.4) is 0 Å². The first-order valence-corrected chi connectivity index (χ1v) is 6.62. The zero-order chi connectivity index (χ0) is 13.0. The fourth-order valence-corrected chi connectivity index (χ4v) is 2.65. The summed E-state index contributed by atoms with van der Waals surface area (Å²) < 4.78 is 12.7. The van der Waals surface area contributed by atoms with Gasteiger partial charge < -0.3 is 5.32 Å². The lowest BCUT2D eigenvalue weighted by atomic mass is 9.89. The van der Waals surface area contributed by atoms with Gasteiger partial charge in [-0.2, -0.15) is 0 Å². The molecular formula is C13H16ClFN2O. The van der Waals surface area contributed by atoms with Crippen molar-refractivity contribution in [1.29, 1.82) is 0 Å². The summed E-state index contributed by atoms with van der Waals surface area (Å²) in [5, 5.41) is 3.05. The number of alkyl halides is 1. The molecule has 0 bridgehead atoms. The fraction of sp³-hybridized carbons (Fsp3) is 0.538. The molecule has 2 unspecified atom stereocenters. The average molecular weight is 271 g/mol. The molecule has 1 fully saturated rings. The lowest BCUT2D eigenvalue weighted by molar-refractivity contribution is 0.0938. The second-order valence-corrected chi connectivity index (χ2v) is 5.32. The van der Waals surface area contributed by atoms with Crippen LogP contribution in [-0.4, -0.2) is 22.8 Å². The first-order valence-electron chi connectivity index (χ1n) is 6.19. The molecule has 0 saturated heterocycles. The Labute approximate surface area is 111 Å². The van der Waals surface area contributed by atoms with E-state index in [9.17, 15) is 9.18 Å². The number of carbonyl (C=O) groups excluding carboxylic acids is 1. The Morgan fingerprint density at radius 1 is 1.50 bits per heavy atom. The molecule has 18 heavy (non-hydrogen) atoms. The molecular weight excluding hydrogens is 255 g/mol. The first kappa shape index (κ1) is 13.3. The maximum absolute atomic E-state index is 12.7. The van der Waals surface area contributed by atoms with Crippen LogP contribution in [0.2, 0.25) is 0 Å². The van der Waals surface area contributed by atoms with Crippen molar-refractivity contribution < 1.29 is 9.18 Å². The number of amides is 1. The van der Waals surface area contributed by atoms with Crippen molar-refractivity contribution in [1.82, 2.24) is 10.3 Å². The Kier molecular flexibility index (Phi) is 4.53. The predicted octanol–water partition coefficient (Wildman–Crippen LogP) is 2.75. The molecule has 1 heterocycles. The van der Waals surface area contributed by atoms with Gasteiger partial charge in [0.05, 0.1) is 6.20 Å². The molecule has 0 spiro atoms. The van der Waals surface area contributed by atoms with E-state index in [2.05, 4.69) is 10.3 Å². The van der Waals surface area contributed by atoms with Gasteiger partial charge in [0.15, 0.2) is 0 Å². The number of rotatable bonds is 3. The molecule has 0 radical (unpaired) electrons. The van der Waals surface area contributed by atoms with E-state index >= 15 is 0 Å². The predicted molar refractivity (Wildman–Crippen MR) is 68.1 cm³/mol. The summed E-state index contributed by atoms with van der Waals surface area (Å²) in [5.41, 5.74) is 0.245. The van der Waals surface area contributed by atoms with Gasteiger partial charge in [-0.05, 0) is 37.3 Å². The van der Waals surface area contributed by atoms with Crippen molar-refractivity contribution in [2.45, 2.75) is 31.1 Å². The number of nitrogens with one attached hydrogen (secondary N) is 1. The lowest BCUT2D eigenvalue weighted by Crippen LogP contribution is -2.32. The number of nitrogens with zero attached hydrogens (tertiary/aromatic N) is 1. The Morgan fingerprint density at radius 2 is 2.33 bits per heavy atom. The molecule has 0 aromatic carbocycles. The summed E-state index contributed by atoms with van der Waals surface area (Å²) >= 11 is 6.09. The van der Waals surface area contributed by atoms with Gasteiger partial charge >= 0.3 is 0 Å². The Hall–Kier alpha value is -1.16. The lowest BCUT2D eigenvalue weighted by Gasteiger charge is -2.25.